The summed E-state index contributed by atoms with van der Waals surface area (Å²) in [6, 6.07) is 9.70. The molecule has 0 spiro atoms. The van der Waals surface area contributed by atoms with Crippen LogP contribution < -0.4 is 10.4 Å². The molecule has 7 nitrogen and oxygen atoms in total. The number of carbonyl (C=O) groups is 1. The zero-order valence-electron chi connectivity index (χ0n) is 13.2. The minimum absolute atomic E-state index is 0.0225. The van der Waals surface area contributed by atoms with Gasteiger partial charge in [-0.2, -0.15) is 0 Å². The van der Waals surface area contributed by atoms with E-state index in [2.05, 4.69) is 0 Å². The molecule has 0 saturated heterocycles. The summed E-state index contributed by atoms with van der Waals surface area (Å²) in [4.78, 5) is 23.8. The van der Waals surface area contributed by atoms with Crippen LogP contribution in [0.3, 0.4) is 0 Å². The van der Waals surface area contributed by atoms with Crippen LogP contribution in [-0.4, -0.2) is 23.3 Å². The summed E-state index contributed by atoms with van der Waals surface area (Å²) in [6.07, 6.45) is 0. The molecule has 0 aliphatic rings. The monoisotopic (exact) mass is 342 g/mol. The summed E-state index contributed by atoms with van der Waals surface area (Å²) in [5.41, 5.74) is -0.0411. The Balaban J connectivity index is 1.85. The molecule has 0 unspecified atom stereocenters. The SMILES string of the molecule is COc1ccc(C(=O)OCc2cc(=O)oc3cc(O)ccc23)c(O)c1. The molecule has 0 radical (unpaired) electrons. The topological polar surface area (TPSA) is 106 Å². The fraction of sp³-hybridized carbons (Fsp3) is 0.111. The van der Waals surface area contributed by atoms with Crippen LogP contribution in [0.5, 0.6) is 17.2 Å². The van der Waals surface area contributed by atoms with Crippen molar-refractivity contribution in [2.24, 2.45) is 0 Å². The Morgan fingerprint density at radius 3 is 2.64 bits per heavy atom. The first-order valence-corrected chi connectivity index (χ1v) is 7.28. The molecule has 0 bridgehead atoms. The number of aromatic hydroxyl groups is 2. The number of phenols is 2. The van der Waals surface area contributed by atoms with Gasteiger partial charge in [0.2, 0.25) is 0 Å². The normalized spacial score (nSPS) is 10.6. The Bertz CT molecular complexity index is 1000. The van der Waals surface area contributed by atoms with Crippen molar-refractivity contribution < 1.29 is 28.9 Å². The Kier molecular flexibility index (Phi) is 4.30. The van der Waals surface area contributed by atoms with Gasteiger partial charge in [-0.25, -0.2) is 9.59 Å². The highest BCUT2D eigenvalue weighted by molar-refractivity contribution is 5.92. The van der Waals surface area contributed by atoms with E-state index in [4.69, 9.17) is 13.9 Å². The molecule has 2 N–H and O–H groups in total. The van der Waals surface area contributed by atoms with Crippen molar-refractivity contribution in [2.45, 2.75) is 6.61 Å². The van der Waals surface area contributed by atoms with Crippen LogP contribution in [-0.2, 0) is 11.3 Å². The highest BCUT2D eigenvalue weighted by Gasteiger charge is 2.15. The molecule has 7 heteroatoms. The number of rotatable bonds is 4. The van der Waals surface area contributed by atoms with E-state index >= 15 is 0 Å². The van der Waals surface area contributed by atoms with Crippen LogP contribution in [0.2, 0.25) is 0 Å². The van der Waals surface area contributed by atoms with Gasteiger partial charge < -0.3 is 24.1 Å². The maximum absolute atomic E-state index is 12.1. The number of fused-ring (bicyclic) bond motifs is 1. The fourth-order valence-electron chi connectivity index (χ4n) is 2.37. The van der Waals surface area contributed by atoms with Gasteiger partial charge in [-0.3, -0.25) is 0 Å². The van der Waals surface area contributed by atoms with Crippen molar-refractivity contribution in [1.82, 2.24) is 0 Å². The molecule has 128 valence electrons. The standard InChI is InChI=1S/C18H14O7/c1-23-12-3-5-14(15(20)8-12)18(22)24-9-10-6-17(21)25-16-7-11(19)2-4-13(10)16/h2-8,19-20H,9H2,1H3. The van der Waals surface area contributed by atoms with Crippen LogP contribution >= 0.6 is 0 Å². The van der Waals surface area contributed by atoms with Gasteiger partial charge in [-0.1, -0.05) is 0 Å². The Hall–Kier alpha value is -3.48. The number of methoxy groups -OCH3 is 1. The third kappa shape index (κ3) is 3.40. The number of benzene rings is 2. The maximum Gasteiger partial charge on any atom is 0.342 e. The smallest absolute Gasteiger partial charge is 0.342 e. The van der Waals surface area contributed by atoms with Crippen LogP contribution in [0.1, 0.15) is 15.9 Å². The predicted octanol–water partition coefficient (Wildman–Crippen LogP) is 2.57. The molecular formula is C18H14O7. The van der Waals surface area contributed by atoms with E-state index in [9.17, 15) is 19.8 Å². The molecule has 0 atom stereocenters. The van der Waals surface area contributed by atoms with E-state index in [-0.39, 0.29) is 29.3 Å². The van der Waals surface area contributed by atoms with Gasteiger partial charge in [-0.15, -0.1) is 0 Å². The van der Waals surface area contributed by atoms with E-state index in [0.29, 0.717) is 16.7 Å². The molecule has 1 aromatic heterocycles. The summed E-state index contributed by atoms with van der Waals surface area (Å²) in [7, 11) is 1.44. The van der Waals surface area contributed by atoms with Crippen LogP contribution in [0.15, 0.2) is 51.7 Å². The third-order valence-electron chi connectivity index (χ3n) is 3.60. The van der Waals surface area contributed by atoms with E-state index < -0.39 is 11.6 Å². The van der Waals surface area contributed by atoms with E-state index in [1.165, 1.54) is 43.5 Å². The number of phenolic OH excluding ortho intramolecular Hbond substituents is 2. The highest BCUT2D eigenvalue weighted by Crippen LogP contribution is 2.25. The Labute approximate surface area is 141 Å². The summed E-state index contributed by atoms with van der Waals surface area (Å²) < 4.78 is 15.1. The van der Waals surface area contributed by atoms with Crippen molar-refractivity contribution in [2.75, 3.05) is 7.11 Å². The first-order chi connectivity index (χ1) is 12.0. The molecule has 2 aromatic carbocycles. The van der Waals surface area contributed by atoms with Gasteiger partial charge in [0, 0.05) is 29.1 Å². The molecule has 0 saturated carbocycles. The average Bonchev–Trinajstić information content (AvgIpc) is 2.58. The van der Waals surface area contributed by atoms with Crippen LogP contribution in [0.25, 0.3) is 11.0 Å². The lowest BCUT2D eigenvalue weighted by molar-refractivity contribution is 0.0470. The fourth-order valence-corrected chi connectivity index (χ4v) is 2.37. The first-order valence-electron chi connectivity index (χ1n) is 7.28. The lowest BCUT2D eigenvalue weighted by atomic mass is 10.1. The lowest BCUT2D eigenvalue weighted by Gasteiger charge is -2.09. The van der Waals surface area contributed by atoms with E-state index in [1.807, 2.05) is 0 Å². The molecule has 0 aliphatic heterocycles. The van der Waals surface area contributed by atoms with Gasteiger partial charge in [0.1, 0.15) is 35.0 Å². The van der Waals surface area contributed by atoms with Gasteiger partial charge >= 0.3 is 11.6 Å². The molecular weight excluding hydrogens is 328 g/mol. The molecule has 25 heavy (non-hydrogen) atoms. The summed E-state index contributed by atoms with van der Waals surface area (Å²) in [5.74, 6) is -0.666. The van der Waals surface area contributed by atoms with Crippen molar-refractivity contribution in [3.8, 4) is 17.2 Å². The minimum atomic E-state index is -0.750. The van der Waals surface area contributed by atoms with Gasteiger partial charge in [0.25, 0.3) is 0 Å². The molecule has 1 heterocycles. The maximum atomic E-state index is 12.1. The second-order valence-corrected chi connectivity index (χ2v) is 5.23. The number of esters is 1. The quantitative estimate of drug-likeness (QED) is 0.554. The summed E-state index contributed by atoms with van der Waals surface area (Å²) >= 11 is 0. The van der Waals surface area contributed by atoms with Gasteiger partial charge in [-0.05, 0) is 24.3 Å². The number of hydrogen-bond acceptors (Lipinski definition) is 7. The second kappa shape index (κ2) is 6.56. The Morgan fingerprint density at radius 2 is 1.92 bits per heavy atom. The first kappa shape index (κ1) is 16.4. The Morgan fingerprint density at radius 1 is 1.12 bits per heavy atom. The average molecular weight is 342 g/mol. The van der Waals surface area contributed by atoms with Crippen molar-refractivity contribution in [1.29, 1.82) is 0 Å². The predicted molar refractivity (Wildman–Crippen MR) is 87.9 cm³/mol. The third-order valence-corrected chi connectivity index (χ3v) is 3.60. The number of ether oxygens (including phenoxy) is 2. The zero-order valence-corrected chi connectivity index (χ0v) is 13.2. The van der Waals surface area contributed by atoms with E-state index in [1.54, 1.807) is 6.07 Å². The van der Waals surface area contributed by atoms with Crippen molar-refractivity contribution in [3.05, 3.63) is 64.0 Å². The van der Waals surface area contributed by atoms with Gasteiger partial charge in [0.15, 0.2) is 0 Å². The van der Waals surface area contributed by atoms with Crippen molar-refractivity contribution in [3.63, 3.8) is 0 Å². The summed E-state index contributed by atoms with van der Waals surface area (Å²) in [5, 5.41) is 19.9. The number of hydrogen-bond donors (Lipinski definition) is 2. The highest BCUT2D eigenvalue weighted by atomic mass is 16.5. The minimum Gasteiger partial charge on any atom is -0.508 e. The van der Waals surface area contributed by atoms with Crippen molar-refractivity contribution >= 4 is 16.9 Å². The van der Waals surface area contributed by atoms with Gasteiger partial charge in [0.05, 0.1) is 7.11 Å². The molecule has 0 amide bonds. The van der Waals surface area contributed by atoms with Crippen LogP contribution in [0.4, 0.5) is 0 Å². The molecule has 0 fully saturated rings. The van der Waals surface area contributed by atoms with E-state index in [0.717, 1.165) is 0 Å². The molecule has 3 rings (SSSR count). The largest absolute Gasteiger partial charge is 0.508 e. The summed E-state index contributed by atoms with van der Waals surface area (Å²) in [6.45, 7) is -0.197. The number of carbonyl (C=O) groups excluding carboxylic acids is 1. The second-order valence-electron chi connectivity index (χ2n) is 5.23. The van der Waals surface area contributed by atoms with Crippen LogP contribution in [0, 0.1) is 0 Å². The zero-order chi connectivity index (χ0) is 18.0. The lowest BCUT2D eigenvalue weighted by Crippen LogP contribution is -2.08. The molecule has 3 aromatic rings. The molecule has 0 aliphatic carbocycles.